The summed E-state index contributed by atoms with van der Waals surface area (Å²) >= 11 is 0. The van der Waals surface area contributed by atoms with Crippen molar-refractivity contribution in [3.63, 3.8) is 0 Å². The number of unbranched alkanes of at least 4 members (excludes halogenated alkanes) is 1. The van der Waals surface area contributed by atoms with Crippen LogP contribution in [0.4, 0.5) is 0 Å². The second kappa shape index (κ2) is 54.0. The van der Waals surface area contributed by atoms with Crippen LogP contribution in [-0.4, -0.2) is 266 Å². The molecule has 0 aliphatic rings. The number of primary amides is 1. The number of carboxylic acid groups (broad SMARTS) is 3. The van der Waals surface area contributed by atoms with Crippen LogP contribution in [0.2, 0.25) is 0 Å². The fraction of sp³-hybridized carbons (Fsp3) is 0.477. The van der Waals surface area contributed by atoms with Crippen LogP contribution < -0.4 is 91.6 Å². The molecule has 0 fully saturated rings. The lowest BCUT2D eigenvalue weighted by Gasteiger charge is -2.29. The number of phenols is 1. The Labute approximate surface area is 758 Å². The number of H-pyrrole nitrogens is 3. The Morgan fingerprint density at radius 1 is 0.379 bits per heavy atom. The minimum Gasteiger partial charge on any atom is -0.508 e. The molecule has 716 valence electrons. The molecule has 132 heavy (non-hydrogen) atoms. The quantitative estimate of drug-likeness (QED) is 0.0159. The van der Waals surface area contributed by atoms with E-state index in [9.17, 15) is 112 Å². The molecule has 14 atom stereocenters. The first-order valence-electron chi connectivity index (χ1n) is 42.7. The molecule has 0 radical (unpaired) electrons. The average Bonchev–Trinajstić information content (AvgIpc) is 1.02. The first kappa shape index (κ1) is 106. The lowest BCUT2D eigenvalue weighted by atomic mass is 9.98. The molecule has 0 spiro atoms. The number of nitrogens with one attached hydrogen (secondary N) is 17. The summed E-state index contributed by atoms with van der Waals surface area (Å²) < 4.78 is 0. The smallest absolute Gasteiger partial charge is 0.326 e. The van der Waals surface area contributed by atoms with Gasteiger partial charge in [-0.15, -0.1) is 0 Å². The number of aliphatic carboxylic acids is 3. The zero-order valence-electron chi connectivity index (χ0n) is 73.7. The van der Waals surface area contributed by atoms with Crippen molar-refractivity contribution in [1.82, 2.24) is 104 Å². The van der Waals surface area contributed by atoms with Crippen molar-refractivity contribution in [3.05, 3.63) is 156 Å². The van der Waals surface area contributed by atoms with E-state index in [0.29, 0.717) is 23.2 Å². The molecule has 28 N–H and O–H groups in total. The Hall–Kier alpha value is -14.6. The summed E-state index contributed by atoms with van der Waals surface area (Å²) in [6.07, 6.45) is 3.26. The highest BCUT2D eigenvalue weighted by atomic mass is 16.4. The zero-order valence-corrected chi connectivity index (χ0v) is 73.7. The van der Waals surface area contributed by atoms with Crippen LogP contribution in [0.3, 0.4) is 0 Å². The number of hydrogen-bond donors (Lipinski definition) is 25. The predicted octanol–water partition coefficient (Wildman–Crippen LogP) is -4.77. The van der Waals surface area contributed by atoms with Crippen LogP contribution in [0, 0.1) is 17.8 Å². The van der Waals surface area contributed by atoms with Gasteiger partial charge in [-0.2, -0.15) is 0 Å². The van der Waals surface area contributed by atoms with Gasteiger partial charge in [-0.05, 0) is 91.6 Å². The number of aliphatic hydroxyl groups excluding tert-OH is 1. The molecule has 3 aromatic carbocycles. The van der Waals surface area contributed by atoms with E-state index in [1.165, 1.54) is 75.7 Å². The van der Waals surface area contributed by atoms with E-state index in [1.54, 1.807) is 88.4 Å². The van der Waals surface area contributed by atoms with Gasteiger partial charge >= 0.3 is 17.9 Å². The number of nitrogens with two attached hydrogens (primary N) is 3. The van der Waals surface area contributed by atoms with Gasteiger partial charge in [-0.25, -0.2) is 19.7 Å². The van der Waals surface area contributed by atoms with Crippen LogP contribution in [-0.2, 0) is 125 Å². The van der Waals surface area contributed by atoms with Gasteiger partial charge in [0.25, 0.3) is 0 Å². The maximum absolute atomic E-state index is 15.0. The highest BCUT2D eigenvalue weighted by Gasteiger charge is 2.40. The molecule has 46 nitrogen and oxygen atoms in total. The number of imidazole rings is 3. The van der Waals surface area contributed by atoms with Crippen LogP contribution in [0.1, 0.15) is 133 Å². The summed E-state index contributed by atoms with van der Waals surface area (Å²) in [5.41, 5.74) is 19.6. The molecule has 0 aliphatic heterocycles. The number of carbonyl (C=O) groups is 18. The van der Waals surface area contributed by atoms with Gasteiger partial charge in [-0.1, -0.05) is 114 Å². The minimum atomic E-state index is -1.88. The third-order valence-electron chi connectivity index (χ3n) is 20.6. The van der Waals surface area contributed by atoms with Crippen LogP contribution >= 0.6 is 0 Å². The Balaban J connectivity index is 1.19. The van der Waals surface area contributed by atoms with Crippen molar-refractivity contribution >= 4 is 107 Å². The third-order valence-corrected chi connectivity index (χ3v) is 20.6. The molecule has 6 rings (SSSR count). The van der Waals surface area contributed by atoms with Gasteiger partial charge in [0, 0.05) is 70.0 Å². The lowest BCUT2D eigenvalue weighted by Crippen LogP contribution is -2.62. The van der Waals surface area contributed by atoms with Gasteiger partial charge in [0.1, 0.15) is 84.3 Å². The second-order valence-corrected chi connectivity index (χ2v) is 32.5. The molecule has 46 heteroatoms. The van der Waals surface area contributed by atoms with Crippen molar-refractivity contribution in [2.75, 3.05) is 19.7 Å². The topological polar surface area (TPSA) is 741 Å². The number of phenolic OH excluding ortho intramolecular Hbond substituents is 1. The number of amides is 15. The van der Waals surface area contributed by atoms with Crippen LogP contribution in [0.25, 0.3) is 0 Å². The summed E-state index contributed by atoms with van der Waals surface area (Å²) in [5, 5.41) is 84.7. The number of aliphatic hydroxyl groups is 1. The predicted molar refractivity (Wildman–Crippen MR) is 469 cm³/mol. The Kier molecular flexibility index (Phi) is 43.5. The van der Waals surface area contributed by atoms with Gasteiger partial charge in [0.05, 0.1) is 61.7 Å². The number of benzene rings is 3. The van der Waals surface area contributed by atoms with E-state index >= 15 is 0 Å². The molecule has 0 aliphatic carbocycles. The molecule has 0 saturated heterocycles. The Morgan fingerprint density at radius 2 is 0.750 bits per heavy atom. The van der Waals surface area contributed by atoms with Crippen LogP contribution in [0.5, 0.6) is 5.75 Å². The van der Waals surface area contributed by atoms with Crippen molar-refractivity contribution in [2.24, 2.45) is 35.0 Å². The van der Waals surface area contributed by atoms with Gasteiger partial charge < -0.3 is 132 Å². The number of hydrogen-bond acceptors (Lipinski definition) is 25. The first-order chi connectivity index (χ1) is 62.7. The maximum atomic E-state index is 15.0. The molecular formula is C86H119N23O23. The molecule has 6 aromatic rings. The highest BCUT2D eigenvalue weighted by molar-refractivity contribution is 6.01. The minimum absolute atomic E-state index is 0.0384. The normalized spacial score (nSPS) is 14.4. The molecule has 3 aromatic heterocycles. The van der Waals surface area contributed by atoms with Crippen molar-refractivity contribution in [2.45, 2.75) is 222 Å². The molecule has 3 heterocycles. The SMILES string of the molecule is CC(C)C[C@H](NC(=O)[C@H](CCCCN)NC(=O)[C@H](CCC(N)=O)NC(=O)[C@H](Cc1c[nH]cn1)NC(=O)[C@H](Cc1c[nH]cn1)NC(=O)[C@@H](NC(=O)[C@H](CCC(=O)O)NC(=O)[C@H](Cc1ccc(O)cc1)NC(=O)CNC(=O)[C@H](CO)NC(=O)[C@H](CC(=O)O)NC(=O)[C@@H](N)Cc1c[nH]cn1)C(C)C)C(=O)N[C@H](C(=O)N[C@@H](Cc1ccccc1)C(=O)N[C@@H](Cc1ccccc1)C(=O)O)C(C)C. The average molecular weight is 1840 g/mol. The summed E-state index contributed by atoms with van der Waals surface area (Å²) in [6.45, 7) is 7.70. The summed E-state index contributed by atoms with van der Waals surface area (Å²) in [5.74, 6) is -22.1. The van der Waals surface area contributed by atoms with Gasteiger partial charge in [0.2, 0.25) is 88.6 Å². The monoisotopic (exact) mass is 1840 g/mol. The highest BCUT2D eigenvalue weighted by Crippen LogP contribution is 2.18. The number of nitrogens with zero attached hydrogens (tertiary/aromatic N) is 3. The van der Waals surface area contributed by atoms with E-state index in [2.05, 4.69) is 104 Å². The van der Waals surface area contributed by atoms with Crippen molar-refractivity contribution in [3.8, 4) is 5.75 Å². The molecule has 0 bridgehead atoms. The fourth-order valence-corrected chi connectivity index (χ4v) is 13.5. The Bertz CT molecular complexity index is 4830. The standard InChI is InChI=1S/C86H119N23O23/c1-45(2)29-59(83(128)109-72(47(5)6)84(129)104-61(30-48-15-9-7-10-16-48)79(124)106-65(86(131)132)32-49-17-11-8-12-18-49)102-75(120)56(19-13-14-28-87)98-76(121)57(24-26-67(89)112)99-80(125)62(34-52-38-91-43-95-52)103-81(126)63(35-53-39-92-44-96-53)105-85(130)71(46(3)4)108-77(122)58(25-27-69(114)115)100-78(123)60(31-50-20-22-54(111)23-21-50)97-68(113)40-93-74(119)66(41-110)107-82(127)64(36-70(116)117)101-73(118)55(88)33-51-37-90-42-94-51/h7-12,15-18,20-23,37-39,42-47,55-66,71-72,110-111H,13-14,19,24-36,40-41,87-88H2,1-6H3,(H2,89,112)(H,90,94)(H,91,95)(H,92,96)(H,93,119)(H,97,113)(H,98,121)(H,99,125)(H,100,123)(H,101,118)(H,102,120)(H,103,126)(H,104,129)(H,105,130)(H,106,124)(H,107,127)(H,108,122)(H,109,128)(H,114,115)(H,116,117)(H,131,132)/t55-,56-,57-,58-,59-,60-,61-,62-,63-,64-,65-,66-,71-,72-/m0/s1. The number of aromatic nitrogens is 6. The number of aromatic hydroxyl groups is 1. The van der Waals surface area contributed by atoms with Crippen molar-refractivity contribution in [1.29, 1.82) is 0 Å². The largest absolute Gasteiger partial charge is 0.508 e. The van der Waals surface area contributed by atoms with Crippen molar-refractivity contribution < 1.29 is 112 Å². The molecule has 0 saturated carbocycles. The van der Waals surface area contributed by atoms with E-state index < -0.39 is 267 Å². The number of aromatic amines is 3. The van der Waals surface area contributed by atoms with E-state index in [4.69, 9.17) is 17.2 Å². The number of rotatable bonds is 58. The van der Waals surface area contributed by atoms with Gasteiger partial charge in [-0.3, -0.25) is 81.5 Å². The molecule has 0 unspecified atom stereocenters. The zero-order chi connectivity index (χ0) is 97.3. The van der Waals surface area contributed by atoms with Crippen LogP contribution in [0.15, 0.2) is 123 Å². The molecular weight excluding hydrogens is 1720 g/mol. The second-order valence-electron chi connectivity index (χ2n) is 32.5. The van der Waals surface area contributed by atoms with E-state index in [0.717, 1.165) is 0 Å². The summed E-state index contributed by atoms with van der Waals surface area (Å²) in [7, 11) is 0. The lowest BCUT2D eigenvalue weighted by molar-refractivity contribution is -0.142. The first-order valence-corrected chi connectivity index (χ1v) is 42.7. The van der Waals surface area contributed by atoms with E-state index in [-0.39, 0.29) is 73.7 Å². The maximum Gasteiger partial charge on any atom is 0.326 e. The fourth-order valence-electron chi connectivity index (χ4n) is 13.5. The summed E-state index contributed by atoms with van der Waals surface area (Å²) in [6, 6.07) is -0.114. The van der Waals surface area contributed by atoms with E-state index in [1.807, 2.05) is 0 Å². The third kappa shape index (κ3) is 36.9. The number of carbonyl (C=O) groups excluding carboxylic acids is 15. The molecule has 15 amide bonds. The van der Waals surface area contributed by atoms with Gasteiger partial charge in [0.15, 0.2) is 0 Å². The number of carboxylic acids is 3. The Morgan fingerprint density at radius 3 is 1.17 bits per heavy atom. The summed E-state index contributed by atoms with van der Waals surface area (Å²) in [4.78, 5) is 270.